The van der Waals surface area contributed by atoms with Gasteiger partial charge in [0.15, 0.2) is 17.9 Å². The van der Waals surface area contributed by atoms with Gasteiger partial charge in [-0.05, 0) is 37.3 Å². The number of carbonyl (C=O) groups is 4. The molecular weight excluding hydrogens is 481 g/mol. The van der Waals surface area contributed by atoms with Crippen LogP contribution in [0.3, 0.4) is 0 Å². The van der Waals surface area contributed by atoms with Gasteiger partial charge in [0.1, 0.15) is 0 Å². The summed E-state index contributed by atoms with van der Waals surface area (Å²) in [6, 6.07) is 5.42. The zero-order valence-electron chi connectivity index (χ0n) is 17.8. The zero-order chi connectivity index (χ0) is 25.1. The van der Waals surface area contributed by atoms with Gasteiger partial charge in [-0.1, -0.05) is 23.2 Å². The van der Waals surface area contributed by atoms with E-state index in [2.05, 4.69) is 15.4 Å². The summed E-state index contributed by atoms with van der Waals surface area (Å²) < 4.78 is 32.1. The van der Waals surface area contributed by atoms with Gasteiger partial charge in [0.05, 0.1) is 33.6 Å². The van der Waals surface area contributed by atoms with E-state index in [4.69, 9.17) is 23.2 Å². The first-order valence-corrected chi connectivity index (χ1v) is 10.1. The van der Waals surface area contributed by atoms with Crippen LogP contribution in [0.15, 0.2) is 30.3 Å². The Balaban J connectivity index is 0.000000346. The van der Waals surface area contributed by atoms with Gasteiger partial charge in [0.25, 0.3) is 0 Å². The molecule has 0 aliphatic rings. The van der Waals surface area contributed by atoms with Crippen LogP contribution in [0, 0.1) is 11.6 Å². The molecule has 2 amide bonds. The zero-order valence-corrected chi connectivity index (χ0v) is 19.3. The fraction of sp³-hybridized carbons (Fsp3) is 0.182. The van der Waals surface area contributed by atoms with E-state index < -0.39 is 29.4 Å². The number of hydrogen-bond donors (Lipinski definition) is 2. The summed E-state index contributed by atoms with van der Waals surface area (Å²) in [6.07, 6.45) is 2.59. The van der Waals surface area contributed by atoms with Crippen LogP contribution in [0.5, 0.6) is 0 Å². The molecule has 7 nitrogen and oxygen atoms in total. The molecule has 2 aromatic carbocycles. The van der Waals surface area contributed by atoms with E-state index in [9.17, 15) is 28.0 Å². The number of benzene rings is 2. The molecule has 0 fully saturated rings. The molecule has 0 aliphatic heterocycles. The van der Waals surface area contributed by atoms with Gasteiger partial charge >= 0.3 is 5.97 Å². The Bertz CT molecular complexity index is 1090. The monoisotopic (exact) mass is 500 g/mol. The molecule has 0 aliphatic carbocycles. The highest BCUT2D eigenvalue weighted by molar-refractivity contribution is 6.33. The number of hydrogen-bond acceptors (Lipinski definition) is 5. The van der Waals surface area contributed by atoms with Crippen molar-refractivity contribution in [2.75, 3.05) is 17.2 Å². The summed E-state index contributed by atoms with van der Waals surface area (Å²) in [5.41, 5.74) is -0.289. The van der Waals surface area contributed by atoms with Crippen molar-refractivity contribution in [1.29, 1.82) is 0 Å². The molecule has 176 valence electrons. The lowest BCUT2D eigenvalue weighted by molar-refractivity contribution is -0.137. The van der Waals surface area contributed by atoms with Gasteiger partial charge in [-0.25, -0.2) is 13.6 Å². The molecule has 33 heavy (non-hydrogen) atoms. The minimum absolute atomic E-state index is 0.000379. The van der Waals surface area contributed by atoms with Crippen molar-refractivity contribution < 1.29 is 32.7 Å². The van der Waals surface area contributed by atoms with Crippen LogP contribution in [-0.4, -0.2) is 30.7 Å². The van der Waals surface area contributed by atoms with E-state index in [-0.39, 0.29) is 39.2 Å². The van der Waals surface area contributed by atoms with Crippen LogP contribution in [0.1, 0.15) is 36.7 Å². The number of rotatable bonds is 6. The van der Waals surface area contributed by atoms with Crippen LogP contribution >= 0.6 is 23.2 Å². The molecule has 0 radical (unpaired) electrons. The van der Waals surface area contributed by atoms with Crippen molar-refractivity contribution in [1.82, 2.24) is 0 Å². The quantitative estimate of drug-likeness (QED) is 0.319. The Hall–Kier alpha value is -3.30. The molecule has 0 saturated carbocycles. The maximum absolute atomic E-state index is 14.0. The highest BCUT2D eigenvalue weighted by atomic mass is 35.5. The van der Waals surface area contributed by atoms with Gasteiger partial charge in [0, 0.05) is 25.5 Å². The van der Waals surface area contributed by atoms with E-state index in [1.54, 1.807) is 6.92 Å². The number of amides is 2. The van der Waals surface area contributed by atoms with E-state index in [1.807, 2.05) is 0 Å². The minimum Gasteiger partial charge on any atom is -0.463 e. The molecule has 0 heterocycles. The van der Waals surface area contributed by atoms with E-state index in [0.29, 0.717) is 6.29 Å². The second-order valence-electron chi connectivity index (χ2n) is 6.21. The standard InChI is InChI=1S/C13H13ClFNO3.C9H7ClFNO2/c1-3-19-12(18)7-4-9-10(14)5-6-11(13(9)15)16-8(2)17;1-5(14)12-8-3-2-7(10)6(4-13)9(8)11/h4-7H,3H2,1-2H3,(H,16,17);2-4H,1H3,(H,12,14)/b7-4+;. The molecule has 2 rings (SSSR count). The number of carbonyl (C=O) groups excluding carboxylic acids is 4. The highest BCUT2D eigenvalue weighted by Gasteiger charge is 2.13. The second-order valence-corrected chi connectivity index (χ2v) is 7.03. The Morgan fingerprint density at radius 3 is 1.79 bits per heavy atom. The maximum atomic E-state index is 14.0. The van der Waals surface area contributed by atoms with Crippen LogP contribution in [0.25, 0.3) is 6.08 Å². The Labute approximate surface area is 198 Å². The van der Waals surface area contributed by atoms with Crippen molar-refractivity contribution in [3.63, 3.8) is 0 Å². The Morgan fingerprint density at radius 2 is 1.36 bits per heavy atom. The Morgan fingerprint density at radius 1 is 0.909 bits per heavy atom. The molecule has 0 unspecified atom stereocenters. The lowest BCUT2D eigenvalue weighted by atomic mass is 10.1. The normalized spacial score (nSPS) is 10.2. The van der Waals surface area contributed by atoms with Gasteiger partial charge in [-0.2, -0.15) is 0 Å². The Kier molecular flexibility index (Phi) is 11.2. The largest absolute Gasteiger partial charge is 0.463 e. The highest BCUT2D eigenvalue weighted by Crippen LogP contribution is 2.27. The molecule has 0 spiro atoms. The van der Waals surface area contributed by atoms with Crippen LogP contribution in [0.2, 0.25) is 10.0 Å². The summed E-state index contributed by atoms with van der Waals surface area (Å²) in [4.78, 5) is 43.2. The molecule has 0 aromatic heterocycles. The molecule has 11 heteroatoms. The van der Waals surface area contributed by atoms with Crippen molar-refractivity contribution in [3.05, 3.63) is 63.1 Å². The van der Waals surface area contributed by atoms with Crippen molar-refractivity contribution >= 4 is 64.7 Å². The third-order valence-corrected chi connectivity index (χ3v) is 4.32. The molecule has 0 bridgehead atoms. The SMILES string of the molecule is CC(=O)Nc1ccc(Cl)c(C=O)c1F.CCOC(=O)/C=C/c1c(Cl)ccc(NC(C)=O)c1F. The number of anilines is 2. The summed E-state index contributed by atoms with van der Waals surface area (Å²) in [5, 5.41) is 4.73. The van der Waals surface area contributed by atoms with Crippen LogP contribution in [0.4, 0.5) is 20.2 Å². The smallest absolute Gasteiger partial charge is 0.330 e. The summed E-state index contributed by atoms with van der Waals surface area (Å²) >= 11 is 11.4. The fourth-order valence-corrected chi connectivity index (χ4v) is 2.71. The average Bonchev–Trinajstić information content (AvgIpc) is 2.73. The molecule has 2 N–H and O–H groups in total. The van der Waals surface area contributed by atoms with Crippen molar-refractivity contribution in [2.24, 2.45) is 0 Å². The third-order valence-electron chi connectivity index (χ3n) is 3.67. The predicted molar refractivity (Wildman–Crippen MR) is 122 cm³/mol. The number of ether oxygens (including phenoxy) is 1. The first-order valence-electron chi connectivity index (χ1n) is 9.32. The lowest BCUT2D eigenvalue weighted by Gasteiger charge is -2.07. The van der Waals surface area contributed by atoms with Gasteiger partial charge < -0.3 is 15.4 Å². The van der Waals surface area contributed by atoms with Gasteiger partial charge in [-0.15, -0.1) is 0 Å². The average molecular weight is 501 g/mol. The van der Waals surface area contributed by atoms with E-state index in [1.165, 1.54) is 44.2 Å². The number of nitrogens with one attached hydrogen (secondary N) is 2. The molecule has 0 saturated heterocycles. The summed E-state index contributed by atoms with van der Waals surface area (Å²) in [7, 11) is 0. The van der Waals surface area contributed by atoms with Crippen LogP contribution < -0.4 is 10.6 Å². The second kappa shape index (κ2) is 13.3. The fourth-order valence-electron chi connectivity index (χ4n) is 2.31. The van der Waals surface area contributed by atoms with Crippen molar-refractivity contribution in [3.8, 4) is 0 Å². The summed E-state index contributed by atoms with van der Waals surface area (Å²) in [5.74, 6) is -2.93. The lowest BCUT2D eigenvalue weighted by Crippen LogP contribution is -2.08. The number of esters is 1. The van der Waals surface area contributed by atoms with Gasteiger partial charge in [-0.3, -0.25) is 14.4 Å². The topological polar surface area (TPSA) is 102 Å². The maximum Gasteiger partial charge on any atom is 0.330 e. The number of aldehydes is 1. The first-order chi connectivity index (χ1) is 15.5. The number of halogens is 4. The predicted octanol–water partition coefficient (Wildman–Crippen LogP) is 5.26. The summed E-state index contributed by atoms with van der Waals surface area (Å²) in [6.45, 7) is 4.40. The third kappa shape index (κ3) is 8.63. The molecule has 0 atom stereocenters. The van der Waals surface area contributed by atoms with Crippen molar-refractivity contribution in [2.45, 2.75) is 20.8 Å². The minimum atomic E-state index is -0.817. The van der Waals surface area contributed by atoms with E-state index in [0.717, 1.165) is 6.08 Å². The van der Waals surface area contributed by atoms with E-state index >= 15 is 0 Å². The molecular formula is C22H20Cl2F2N2O5. The van der Waals surface area contributed by atoms with Crippen LogP contribution in [-0.2, 0) is 19.1 Å². The molecule has 2 aromatic rings. The van der Waals surface area contributed by atoms with Gasteiger partial charge in [0.2, 0.25) is 11.8 Å². The first kappa shape index (κ1) is 27.7.